The summed E-state index contributed by atoms with van der Waals surface area (Å²) in [6, 6.07) is 20.6. The van der Waals surface area contributed by atoms with E-state index >= 15 is 0 Å². The van der Waals surface area contributed by atoms with Crippen LogP contribution in [0.2, 0.25) is 0 Å². The molecule has 4 rings (SSSR count). The molecule has 5 nitrogen and oxygen atoms in total. The van der Waals surface area contributed by atoms with Crippen molar-refractivity contribution in [2.75, 3.05) is 17.3 Å². The zero-order chi connectivity index (χ0) is 22.1. The quantitative estimate of drug-likeness (QED) is 0.598. The fourth-order valence-electron chi connectivity index (χ4n) is 3.67. The summed E-state index contributed by atoms with van der Waals surface area (Å²) >= 11 is 0. The second-order valence-electron chi connectivity index (χ2n) is 7.66. The maximum Gasteiger partial charge on any atom is 0.282 e. The monoisotopic (exact) mass is 412 g/mol. The van der Waals surface area contributed by atoms with Gasteiger partial charge in [-0.2, -0.15) is 0 Å². The lowest BCUT2D eigenvalue weighted by molar-refractivity contribution is -0.120. The molecule has 1 aliphatic heterocycles. The number of nitrogens with one attached hydrogen (secondary N) is 1. The van der Waals surface area contributed by atoms with Crippen LogP contribution in [0.5, 0.6) is 5.75 Å². The average Bonchev–Trinajstić information content (AvgIpc) is 3.00. The number of carbonyl (C=O) groups excluding carboxylic acids is 2. The Morgan fingerprint density at radius 2 is 1.55 bits per heavy atom. The molecule has 0 aliphatic carbocycles. The normalized spacial score (nSPS) is 13.7. The van der Waals surface area contributed by atoms with Gasteiger partial charge in [-0.25, -0.2) is 4.90 Å². The highest BCUT2D eigenvalue weighted by atomic mass is 16.5. The van der Waals surface area contributed by atoms with E-state index in [-0.39, 0.29) is 11.6 Å². The zero-order valence-electron chi connectivity index (χ0n) is 18.0. The Morgan fingerprint density at radius 1 is 0.806 bits per heavy atom. The van der Waals surface area contributed by atoms with E-state index in [0.29, 0.717) is 22.6 Å². The summed E-state index contributed by atoms with van der Waals surface area (Å²) < 4.78 is 5.45. The third-order valence-corrected chi connectivity index (χ3v) is 5.50. The van der Waals surface area contributed by atoms with Crippen LogP contribution >= 0.6 is 0 Å². The van der Waals surface area contributed by atoms with Crippen molar-refractivity contribution in [3.05, 3.63) is 94.7 Å². The van der Waals surface area contributed by atoms with E-state index < -0.39 is 5.91 Å². The fraction of sp³-hybridized carbons (Fsp3) is 0.154. The molecular weight excluding hydrogens is 388 g/mol. The first-order valence-corrected chi connectivity index (χ1v) is 10.1. The summed E-state index contributed by atoms with van der Waals surface area (Å²) in [5, 5.41) is 3.18. The molecule has 0 bridgehead atoms. The summed E-state index contributed by atoms with van der Waals surface area (Å²) in [5.74, 6) is -0.325. The number of hydrogen-bond donors (Lipinski definition) is 1. The molecule has 0 radical (unpaired) electrons. The van der Waals surface area contributed by atoms with Crippen molar-refractivity contribution in [2.45, 2.75) is 20.8 Å². The molecule has 0 spiro atoms. The molecule has 31 heavy (non-hydrogen) atoms. The standard InChI is InChI=1S/C26H24N2O3/c1-16-10-13-22(31-4)21(14-16)28-25(29)23(19-12-11-17(2)18(3)15-19)24(26(28)30)27-20-8-6-5-7-9-20/h5-15,27H,1-4H3. The number of rotatable bonds is 5. The molecule has 0 saturated heterocycles. The summed E-state index contributed by atoms with van der Waals surface area (Å²) in [6.45, 7) is 5.92. The number of aryl methyl sites for hydroxylation is 3. The predicted octanol–water partition coefficient (Wildman–Crippen LogP) is 5.02. The number of amides is 2. The van der Waals surface area contributed by atoms with Gasteiger partial charge in [0.1, 0.15) is 11.4 Å². The van der Waals surface area contributed by atoms with Crippen LogP contribution in [0, 0.1) is 20.8 Å². The van der Waals surface area contributed by atoms with Gasteiger partial charge < -0.3 is 10.1 Å². The Labute approximate surface area is 182 Å². The van der Waals surface area contributed by atoms with Crippen molar-refractivity contribution in [3.8, 4) is 5.75 Å². The van der Waals surface area contributed by atoms with Crippen molar-refractivity contribution in [1.29, 1.82) is 0 Å². The molecule has 0 aromatic heterocycles. The van der Waals surface area contributed by atoms with E-state index in [1.807, 2.05) is 75.4 Å². The number of imide groups is 1. The van der Waals surface area contributed by atoms with Crippen LogP contribution in [0.3, 0.4) is 0 Å². The van der Waals surface area contributed by atoms with Crippen LogP contribution in [0.4, 0.5) is 11.4 Å². The van der Waals surface area contributed by atoms with E-state index in [1.165, 1.54) is 12.0 Å². The van der Waals surface area contributed by atoms with Crippen LogP contribution in [-0.2, 0) is 9.59 Å². The number of hydrogen-bond acceptors (Lipinski definition) is 4. The average molecular weight is 412 g/mol. The van der Waals surface area contributed by atoms with Crippen LogP contribution in [-0.4, -0.2) is 18.9 Å². The fourth-order valence-corrected chi connectivity index (χ4v) is 3.67. The van der Waals surface area contributed by atoms with Crippen molar-refractivity contribution >= 4 is 28.8 Å². The van der Waals surface area contributed by atoms with Crippen LogP contribution in [0.25, 0.3) is 5.57 Å². The van der Waals surface area contributed by atoms with Gasteiger partial charge in [-0.15, -0.1) is 0 Å². The Hall–Kier alpha value is -3.86. The number of benzene rings is 3. The van der Waals surface area contributed by atoms with Crippen molar-refractivity contribution in [1.82, 2.24) is 0 Å². The van der Waals surface area contributed by atoms with Gasteiger partial charge in [0.05, 0.1) is 18.4 Å². The summed E-state index contributed by atoms with van der Waals surface area (Å²) in [5.41, 5.74) is 5.57. The molecule has 3 aromatic carbocycles. The van der Waals surface area contributed by atoms with Gasteiger partial charge in [-0.1, -0.05) is 42.5 Å². The highest BCUT2D eigenvalue weighted by Gasteiger charge is 2.41. The molecule has 3 aromatic rings. The van der Waals surface area contributed by atoms with Crippen LogP contribution in [0.15, 0.2) is 72.4 Å². The highest BCUT2D eigenvalue weighted by molar-refractivity contribution is 6.46. The van der Waals surface area contributed by atoms with Gasteiger partial charge in [0.15, 0.2) is 0 Å². The van der Waals surface area contributed by atoms with Gasteiger partial charge in [-0.3, -0.25) is 9.59 Å². The minimum Gasteiger partial charge on any atom is -0.495 e. The predicted molar refractivity (Wildman–Crippen MR) is 123 cm³/mol. The maximum atomic E-state index is 13.6. The molecule has 156 valence electrons. The molecular formula is C26H24N2O3. The maximum absolute atomic E-state index is 13.6. The number of ether oxygens (including phenoxy) is 1. The molecule has 1 aliphatic rings. The smallest absolute Gasteiger partial charge is 0.282 e. The van der Waals surface area contributed by atoms with E-state index in [2.05, 4.69) is 5.32 Å². The third-order valence-electron chi connectivity index (χ3n) is 5.50. The Kier molecular flexibility index (Phi) is 5.34. The van der Waals surface area contributed by atoms with E-state index in [4.69, 9.17) is 4.74 Å². The van der Waals surface area contributed by atoms with Gasteiger partial charge in [-0.05, 0) is 67.3 Å². The minimum atomic E-state index is -0.411. The number of nitrogens with zero attached hydrogens (tertiary/aromatic N) is 1. The highest BCUT2D eigenvalue weighted by Crippen LogP contribution is 2.38. The first-order valence-electron chi connectivity index (χ1n) is 10.1. The molecule has 1 heterocycles. The van der Waals surface area contributed by atoms with Gasteiger partial charge >= 0.3 is 0 Å². The largest absolute Gasteiger partial charge is 0.495 e. The lowest BCUT2D eigenvalue weighted by atomic mass is 9.99. The summed E-state index contributed by atoms with van der Waals surface area (Å²) in [6.07, 6.45) is 0. The molecule has 0 unspecified atom stereocenters. The number of carbonyl (C=O) groups is 2. The first kappa shape index (κ1) is 20.4. The van der Waals surface area contributed by atoms with Crippen LogP contribution in [0.1, 0.15) is 22.3 Å². The molecule has 1 N–H and O–H groups in total. The summed E-state index contributed by atoms with van der Waals surface area (Å²) in [4.78, 5) is 28.4. The van der Waals surface area contributed by atoms with Crippen molar-refractivity contribution in [3.63, 3.8) is 0 Å². The molecule has 0 saturated carbocycles. The Bertz CT molecular complexity index is 1210. The lowest BCUT2D eigenvalue weighted by Crippen LogP contribution is -2.32. The van der Waals surface area contributed by atoms with E-state index in [9.17, 15) is 9.59 Å². The Morgan fingerprint density at radius 3 is 2.23 bits per heavy atom. The Balaban J connectivity index is 1.88. The van der Waals surface area contributed by atoms with Crippen LogP contribution < -0.4 is 15.0 Å². The molecule has 5 heteroatoms. The second-order valence-corrected chi connectivity index (χ2v) is 7.66. The molecule has 2 amide bonds. The van der Waals surface area contributed by atoms with Gasteiger partial charge in [0, 0.05) is 5.69 Å². The van der Waals surface area contributed by atoms with E-state index in [0.717, 1.165) is 22.4 Å². The van der Waals surface area contributed by atoms with Crippen molar-refractivity contribution < 1.29 is 14.3 Å². The SMILES string of the molecule is COc1ccc(C)cc1N1C(=O)C(Nc2ccccc2)=C(c2ccc(C)c(C)c2)C1=O. The summed E-state index contributed by atoms with van der Waals surface area (Å²) in [7, 11) is 1.53. The third kappa shape index (κ3) is 3.70. The number of methoxy groups -OCH3 is 1. The van der Waals surface area contributed by atoms with E-state index in [1.54, 1.807) is 12.1 Å². The van der Waals surface area contributed by atoms with Gasteiger partial charge in [0.25, 0.3) is 11.8 Å². The number of anilines is 2. The first-order chi connectivity index (χ1) is 14.9. The lowest BCUT2D eigenvalue weighted by Gasteiger charge is -2.19. The zero-order valence-corrected chi connectivity index (χ0v) is 18.0. The topological polar surface area (TPSA) is 58.6 Å². The minimum absolute atomic E-state index is 0.253. The number of para-hydroxylation sites is 1. The molecule has 0 fully saturated rings. The molecule has 0 atom stereocenters. The van der Waals surface area contributed by atoms with Gasteiger partial charge in [0.2, 0.25) is 0 Å². The second kappa shape index (κ2) is 8.11. The van der Waals surface area contributed by atoms with Crippen molar-refractivity contribution in [2.24, 2.45) is 0 Å².